The number of pyridine rings is 1. The number of carbonyl (C=O) groups is 1. The van der Waals surface area contributed by atoms with Crippen molar-refractivity contribution in [1.82, 2.24) is 20.0 Å². The summed E-state index contributed by atoms with van der Waals surface area (Å²) in [7, 11) is 0. The summed E-state index contributed by atoms with van der Waals surface area (Å²) in [4.78, 5) is 23.3. The van der Waals surface area contributed by atoms with Crippen molar-refractivity contribution >= 4 is 17.2 Å². The van der Waals surface area contributed by atoms with E-state index in [4.69, 9.17) is 9.51 Å². The van der Waals surface area contributed by atoms with Crippen molar-refractivity contribution in [3.05, 3.63) is 51.9 Å². The third kappa shape index (κ3) is 3.14. The van der Waals surface area contributed by atoms with Crippen LogP contribution in [0.4, 0.5) is 0 Å². The fourth-order valence-corrected chi connectivity index (χ4v) is 4.05. The predicted molar refractivity (Wildman–Crippen MR) is 99.2 cm³/mol. The molecule has 0 aromatic carbocycles. The van der Waals surface area contributed by atoms with Crippen molar-refractivity contribution in [2.24, 2.45) is 0 Å². The monoisotopic (exact) mass is 368 g/mol. The molecule has 0 N–H and O–H groups in total. The quantitative estimate of drug-likeness (QED) is 0.702. The average molecular weight is 368 g/mol. The number of thiazole rings is 1. The van der Waals surface area contributed by atoms with Crippen LogP contribution in [0.15, 0.2) is 33.6 Å². The summed E-state index contributed by atoms with van der Waals surface area (Å²) in [6.07, 6.45) is 1.82. The lowest BCUT2D eigenvalue weighted by Crippen LogP contribution is -2.38. The van der Waals surface area contributed by atoms with Gasteiger partial charge in [-0.1, -0.05) is 11.2 Å². The molecule has 6 nitrogen and oxygen atoms in total. The number of amides is 1. The Bertz CT molecular complexity index is 892. The Morgan fingerprint density at radius 1 is 1.27 bits per heavy atom. The molecule has 7 heteroatoms. The Morgan fingerprint density at radius 3 is 2.73 bits per heavy atom. The predicted octanol–water partition coefficient (Wildman–Crippen LogP) is 3.83. The molecule has 4 rings (SSSR count). The van der Waals surface area contributed by atoms with Gasteiger partial charge < -0.3 is 9.42 Å². The average Bonchev–Trinajstić information content (AvgIpc) is 3.32. The van der Waals surface area contributed by atoms with Crippen LogP contribution in [0.5, 0.6) is 0 Å². The first-order valence-corrected chi connectivity index (χ1v) is 9.65. The van der Waals surface area contributed by atoms with Gasteiger partial charge in [-0.25, -0.2) is 4.98 Å². The smallest absolute Gasteiger partial charge is 0.273 e. The van der Waals surface area contributed by atoms with E-state index in [-0.39, 0.29) is 5.91 Å². The van der Waals surface area contributed by atoms with E-state index in [0.29, 0.717) is 11.6 Å². The normalized spacial score (nSPS) is 15.4. The third-order valence-electron chi connectivity index (χ3n) is 4.91. The second-order valence-electron chi connectivity index (χ2n) is 6.59. The highest BCUT2D eigenvalue weighted by molar-refractivity contribution is 7.07. The van der Waals surface area contributed by atoms with Gasteiger partial charge in [-0.05, 0) is 38.8 Å². The molecule has 3 aromatic rings. The summed E-state index contributed by atoms with van der Waals surface area (Å²) in [5.74, 6) is 1.17. The molecule has 0 unspecified atom stereocenters. The molecular weight excluding hydrogens is 348 g/mol. The number of hydrogen-bond acceptors (Lipinski definition) is 6. The van der Waals surface area contributed by atoms with Gasteiger partial charge >= 0.3 is 0 Å². The van der Waals surface area contributed by atoms with Gasteiger partial charge in [0.05, 0.1) is 22.5 Å². The molecule has 1 saturated heterocycles. The van der Waals surface area contributed by atoms with Crippen molar-refractivity contribution < 1.29 is 9.32 Å². The van der Waals surface area contributed by atoms with E-state index in [1.54, 1.807) is 5.51 Å². The fraction of sp³-hybridized carbons (Fsp3) is 0.368. The molecule has 26 heavy (non-hydrogen) atoms. The van der Waals surface area contributed by atoms with Crippen molar-refractivity contribution in [2.45, 2.75) is 32.6 Å². The first kappa shape index (κ1) is 16.9. The number of piperidine rings is 1. The number of aryl methyl sites for hydroxylation is 2. The molecule has 1 aliphatic rings. The Balaban J connectivity index is 1.48. The van der Waals surface area contributed by atoms with Gasteiger partial charge in [0.2, 0.25) is 0 Å². The summed E-state index contributed by atoms with van der Waals surface area (Å²) in [6, 6.07) is 6.11. The number of nitrogens with zero attached hydrogens (tertiary/aromatic N) is 4. The molecular formula is C19H20N4O2S. The zero-order valence-electron chi connectivity index (χ0n) is 14.8. The number of rotatable bonds is 3. The Labute approximate surface area is 155 Å². The van der Waals surface area contributed by atoms with Crippen LogP contribution in [0.1, 0.15) is 46.4 Å². The van der Waals surface area contributed by atoms with Crippen LogP contribution in [-0.2, 0) is 0 Å². The van der Waals surface area contributed by atoms with Crippen LogP contribution in [0.2, 0.25) is 0 Å². The maximum absolute atomic E-state index is 12.4. The third-order valence-corrected chi connectivity index (χ3v) is 5.50. The highest BCUT2D eigenvalue weighted by Gasteiger charge is 2.26. The lowest BCUT2D eigenvalue weighted by Gasteiger charge is -2.31. The fourth-order valence-electron chi connectivity index (χ4n) is 3.53. The largest absolute Gasteiger partial charge is 0.361 e. The van der Waals surface area contributed by atoms with Crippen LogP contribution >= 0.6 is 11.3 Å². The summed E-state index contributed by atoms with van der Waals surface area (Å²) >= 11 is 1.45. The van der Waals surface area contributed by atoms with Crippen LogP contribution in [0.3, 0.4) is 0 Å². The van der Waals surface area contributed by atoms with Crippen molar-refractivity contribution in [3.8, 4) is 11.3 Å². The van der Waals surface area contributed by atoms with Crippen molar-refractivity contribution in [3.63, 3.8) is 0 Å². The molecule has 3 aromatic heterocycles. The van der Waals surface area contributed by atoms with Crippen LogP contribution in [-0.4, -0.2) is 39.0 Å². The number of carbonyl (C=O) groups excluding carboxylic acids is 1. The molecule has 1 fully saturated rings. The highest BCUT2D eigenvalue weighted by Crippen LogP contribution is 2.31. The van der Waals surface area contributed by atoms with Gasteiger partial charge in [0.15, 0.2) is 0 Å². The van der Waals surface area contributed by atoms with Crippen molar-refractivity contribution in [2.75, 3.05) is 13.1 Å². The van der Waals surface area contributed by atoms with Gasteiger partial charge in [0.25, 0.3) is 5.91 Å². The summed E-state index contributed by atoms with van der Waals surface area (Å²) < 4.78 is 5.27. The Hall–Kier alpha value is -2.54. The summed E-state index contributed by atoms with van der Waals surface area (Å²) in [5.41, 5.74) is 6.05. The minimum Gasteiger partial charge on any atom is -0.361 e. The minimum atomic E-state index is 0.0298. The van der Waals surface area contributed by atoms with Gasteiger partial charge in [-0.15, -0.1) is 11.3 Å². The van der Waals surface area contributed by atoms with E-state index in [1.165, 1.54) is 11.3 Å². The molecule has 0 radical (unpaired) electrons. The van der Waals surface area contributed by atoms with Crippen LogP contribution in [0, 0.1) is 13.8 Å². The van der Waals surface area contributed by atoms with Crippen LogP contribution in [0.25, 0.3) is 11.3 Å². The second-order valence-corrected chi connectivity index (χ2v) is 7.31. The number of hydrogen-bond donors (Lipinski definition) is 0. The maximum atomic E-state index is 12.4. The second kappa shape index (κ2) is 6.99. The highest BCUT2D eigenvalue weighted by atomic mass is 32.1. The van der Waals surface area contributed by atoms with Gasteiger partial charge in [-0.3, -0.25) is 9.78 Å². The number of aromatic nitrogens is 3. The van der Waals surface area contributed by atoms with E-state index in [0.717, 1.165) is 54.3 Å². The Kier molecular flexibility index (Phi) is 4.55. The molecule has 0 bridgehead atoms. The van der Waals surface area contributed by atoms with E-state index in [9.17, 15) is 4.79 Å². The van der Waals surface area contributed by atoms with Crippen molar-refractivity contribution in [1.29, 1.82) is 0 Å². The van der Waals surface area contributed by atoms with E-state index in [1.807, 2.05) is 36.3 Å². The molecule has 134 valence electrons. The molecule has 4 heterocycles. The first-order valence-electron chi connectivity index (χ1n) is 8.71. The number of likely N-dealkylation sites (tertiary alicyclic amines) is 1. The zero-order valence-corrected chi connectivity index (χ0v) is 15.6. The minimum absolute atomic E-state index is 0.0298. The zero-order chi connectivity index (χ0) is 18.1. The van der Waals surface area contributed by atoms with E-state index >= 15 is 0 Å². The SMILES string of the molecule is Cc1noc(C)c1-c1cccc(C2CCN(C(=O)c3cscn3)CC2)n1. The van der Waals surface area contributed by atoms with Gasteiger partial charge in [-0.2, -0.15) is 0 Å². The standard InChI is InChI=1S/C19H20N4O2S/c1-12-18(13(2)25-22-12)16-5-3-4-15(21-16)14-6-8-23(9-7-14)19(24)17-10-26-11-20-17/h3-5,10-11,14H,6-9H2,1-2H3. The lowest BCUT2D eigenvalue weighted by molar-refractivity contribution is 0.0707. The van der Waals surface area contributed by atoms with E-state index in [2.05, 4.69) is 16.2 Å². The van der Waals surface area contributed by atoms with E-state index < -0.39 is 0 Å². The molecule has 0 aliphatic carbocycles. The van der Waals surface area contributed by atoms with Gasteiger partial charge in [0, 0.05) is 30.1 Å². The topological polar surface area (TPSA) is 72.1 Å². The lowest BCUT2D eigenvalue weighted by atomic mass is 9.92. The molecule has 1 amide bonds. The summed E-state index contributed by atoms with van der Waals surface area (Å²) in [5, 5.41) is 5.83. The molecule has 0 saturated carbocycles. The summed E-state index contributed by atoms with van der Waals surface area (Å²) in [6.45, 7) is 5.31. The first-order chi connectivity index (χ1) is 12.6. The molecule has 1 aliphatic heterocycles. The van der Waals surface area contributed by atoms with Gasteiger partial charge in [0.1, 0.15) is 11.5 Å². The Morgan fingerprint density at radius 2 is 2.08 bits per heavy atom. The van der Waals surface area contributed by atoms with Crippen LogP contribution < -0.4 is 0 Å². The molecule has 0 spiro atoms. The molecule has 0 atom stereocenters. The maximum Gasteiger partial charge on any atom is 0.273 e.